The molecule has 0 unspecified atom stereocenters. The normalized spacial score (nSPS) is 17.5. The molecule has 3 rings (SSSR count). The number of hydrogen-bond acceptors (Lipinski definition) is 5. The van der Waals surface area contributed by atoms with E-state index in [1.54, 1.807) is 11.9 Å². The van der Waals surface area contributed by atoms with Crippen LogP contribution in [0.15, 0.2) is 21.4 Å². The van der Waals surface area contributed by atoms with Gasteiger partial charge in [0.1, 0.15) is 0 Å². The highest BCUT2D eigenvalue weighted by Crippen LogP contribution is 2.37. The van der Waals surface area contributed by atoms with Crippen LogP contribution in [0.4, 0.5) is 0 Å². The number of terminal acetylenes is 1. The molecule has 2 aliphatic rings. The Kier molecular flexibility index (Phi) is 3.99. The van der Waals surface area contributed by atoms with Gasteiger partial charge in [-0.25, -0.2) is 4.98 Å². The summed E-state index contributed by atoms with van der Waals surface area (Å²) in [5.74, 6) is 2.63. The summed E-state index contributed by atoms with van der Waals surface area (Å²) in [6.07, 6.45) is 9.63. The number of hydrogen-bond donors (Lipinski definition) is 0. The largest absolute Gasteiger partial charge is 0.336 e. The van der Waals surface area contributed by atoms with Crippen molar-refractivity contribution in [2.24, 2.45) is 17.3 Å². The first kappa shape index (κ1) is 15.4. The molecule has 0 aromatic carbocycles. The number of fused-ring (bicyclic) bond motifs is 1. The highest BCUT2D eigenvalue weighted by Gasteiger charge is 2.39. The Morgan fingerprint density at radius 1 is 1.43 bits per heavy atom. The molecule has 7 heteroatoms. The summed E-state index contributed by atoms with van der Waals surface area (Å²) < 4.78 is 1.47. The molecule has 0 saturated heterocycles. The number of aromatic nitrogens is 2. The number of carbonyl (C=O) groups excluding carboxylic acids is 1. The van der Waals surface area contributed by atoms with Crippen molar-refractivity contribution in [3.05, 3.63) is 27.9 Å². The molecule has 0 spiro atoms. The number of nitrogens with zero attached hydrogens (tertiary/aromatic N) is 5. The van der Waals surface area contributed by atoms with E-state index in [2.05, 4.69) is 21.1 Å². The van der Waals surface area contributed by atoms with Gasteiger partial charge in [-0.2, -0.15) is 10.2 Å². The third-order valence-electron chi connectivity index (χ3n) is 4.43. The lowest BCUT2D eigenvalue weighted by Crippen LogP contribution is -2.40. The Bertz CT molecular complexity index is 753. The molecule has 23 heavy (non-hydrogen) atoms. The molecule has 0 bridgehead atoms. The standard InChI is InChI=1S/C16H19N5O2/c1-3-4-7-16(18-19-16)8-5-14(22)21-9-6-12-13(10-21)17-11-20(2)15(12)23/h1,11H,4-10H2,2H3. The van der Waals surface area contributed by atoms with Gasteiger partial charge in [0.15, 0.2) is 5.66 Å². The molecule has 0 saturated carbocycles. The van der Waals surface area contributed by atoms with Gasteiger partial charge in [-0.3, -0.25) is 9.59 Å². The zero-order valence-electron chi connectivity index (χ0n) is 13.2. The van der Waals surface area contributed by atoms with Crippen LogP contribution < -0.4 is 5.56 Å². The van der Waals surface area contributed by atoms with Crippen LogP contribution in [-0.2, 0) is 24.8 Å². The summed E-state index contributed by atoms with van der Waals surface area (Å²) in [6.45, 7) is 0.953. The van der Waals surface area contributed by atoms with E-state index >= 15 is 0 Å². The molecule has 0 fully saturated rings. The zero-order valence-corrected chi connectivity index (χ0v) is 13.2. The van der Waals surface area contributed by atoms with Gasteiger partial charge in [0.05, 0.1) is 18.6 Å². The molecule has 120 valence electrons. The highest BCUT2D eigenvalue weighted by molar-refractivity contribution is 5.76. The van der Waals surface area contributed by atoms with E-state index < -0.39 is 5.66 Å². The second-order valence-electron chi connectivity index (χ2n) is 6.04. The summed E-state index contributed by atoms with van der Waals surface area (Å²) in [6, 6.07) is 0. The van der Waals surface area contributed by atoms with E-state index in [4.69, 9.17) is 6.42 Å². The predicted molar refractivity (Wildman–Crippen MR) is 83.5 cm³/mol. The predicted octanol–water partition coefficient (Wildman–Crippen LogP) is 1.02. The van der Waals surface area contributed by atoms with Crippen molar-refractivity contribution in [2.45, 2.75) is 44.3 Å². The Balaban J connectivity index is 1.59. The molecule has 7 nitrogen and oxygen atoms in total. The molecule has 0 N–H and O–H groups in total. The van der Waals surface area contributed by atoms with E-state index in [0.717, 1.165) is 5.56 Å². The minimum absolute atomic E-state index is 0.0223. The average Bonchev–Trinajstić information content (AvgIpc) is 3.34. The van der Waals surface area contributed by atoms with Gasteiger partial charge >= 0.3 is 0 Å². The number of rotatable bonds is 5. The van der Waals surface area contributed by atoms with Gasteiger partial charge in [0.25, 0.3) is 5.56 Å². The van der Waals surface area contributed by atoms with Crippen LogP contribution in [0.1, 0.15) is 36.9 Å². The van der Waals surface area contributed by atoms with Crippen molar-refractivity contribution in [3.8, 4) is 12.3 Å². The van der Waals surface area contributed by atoms with Gasteiger partial charge in [-0.1, -0.05) is 0 Å². The lowest BCUT2D eigenvalue weighted by Gasteiger charge is -2.28. The third kappa shape index (κ3) is 3.16. The molecule has 1 aromatic rings. The third-order valence-corrected chi connectivity index (χ3v) is 4.43. The van der Waals surface area contributed by atoms with Gasteiger partial charge < -0.3 is 9.47 Å². The summed E-state index contributed by atoms with van der Waals surface area (Å²) in [4.78, 5) is 30.5. The number of carbonyl (C=O) groups is 1. The summed E-state index contributed by atoms with van der Waals surface area (Å²) in [5, 5.41) is 8.10. The summed E-state index contributed by atoms with van der Waals surface area (Å²) >= 11 is 0. The molecule has 0 atom stereocenters. The summed E-state index contributed by atoms with van der Waals surface area (Å²) in [5.41, 5.74) is 0.974. The first-order chi connectivity index (χ1) is 11.0. The Labute approximate surface area is 134 Å². The fraction of sp³-hybridized carbons (Fsp3) is 0.562. The van der Waals surface area contributed by atoms with Crippen LogP contribution in [0.2, 0.25) is 0 Å². The lowest BCUT2D eigenvalue weighted by molar-refractivity contribution is -0.132. The van der Waals surface area contributed by atoms with Crippen LogP contribution in [0.5, 0.6) is 0 Å². The van der Waals surface area contributed by atoms with Crippen molar-refractivity contribution in [1.82, 2.24) is 14.5 Å². The van der Waals surface area contributed by atoms with E-state index in [1.165, 1.54) is 10.9 Å². The first-order valence-electron chi connectivity index (χ1n) is 7.73. The quantitative estimate of drug-likeness (QED) is 0.761. The van der Waals surface area contributed by atoms with Crippen LogP contribution in [-0.4, -0.2) is 32.6 Å². The van der Waals surface area contributed by atoms with Crippen molar-refractivity contribution < 1.29 is 4.79 Å². The van der Waals surface area contributed by atoms with Crippen LogP contribution in [0.25, 0.3) is 0 Å². The molecule has 1 amide bonds. The molecule has 1 aromatic heterocycles. The Morgan fingerprint density at radius 3 is 2.91 bits per heavy atom. The Hall–Kier alpha value is -2.49. The molecule has 3 heterocycles. The number of amides is 1. The zero-order chi connectivity index (χ0) is 16.4. The molecular weight excluding hydrogens is 294 g/mol. The van der Waals surface area contributed by atoms with Crippen molar-refractivity contribution in [2.75, 3.05) is 6.54 Å². The highest BCUT2D eigenvalue weighted by atomic mass is 16.2. The van der Waals surface area contributed by atoms with Crippen LogP contribution >= 0.6 is 0 Å². The number of aryl methyl sites for hydroxylation is 1. The smallest absolute Gasteiger partial charge is 0.256 e. The molecule has 0 aliphatic carbocycles. The SMILES string of the molecule is C#CCCC1(CCC(=O)N2CCc3c(ncn(C)c3=O)C2)N=N1. The summed E-state index contributed by atoms with van der Waals surface area (Å²) in [7, 11) is 1.69. The maximum absolute atomic E-state index is 12.4. The van der Waals surface area contributed by atoms with Gasteiger partial charge in [0.2, 0.25) is 5.91 Å². The van der Waals surface area contributed by atoms with Crippen LogP contribution in [0.3, 0.4) is 0 Å². The van der Waals surface area contributed by atoms with Crippen molar-refractivity contribution in [1.29, 1.82) is 0 Å². The van der Waals surface area contributed by atoms with Gasteiger partial charge in [-0.05, 0) is 6.42 Å². The van der Waals surface area contributed by atoms with E-state index in [-0.39, 0.29) is 11.5 Å². The minimum Gasteiger partial charge on any atom is -0.336 e. The maximum Gasteiger partial charge on any atom is 0.256 e. The van der Waals surface area contributed by atoms with Gasteiger partial charge in [0, 0.05) is 44.8 Å². The Morgan fingerprint density at radius 2 is 2.22 bits per heavy atom. The fourth-order valence-corrected chi connectivity index (χ4v) is 2.86. The maximum atomic E-state index is 12.4. The minimum atomic E-state index is -0.427. The molecule has 2 aliphatic heterocycles. The van der Waals surface area contributed by atoms with Crippen molar-refractivity contribution >= 4 is 5.91 Å². The monoisotopic (exact) mass is 313 g/mol. The van der Waals surface area contributed by atoms with E-state index in [0.29, 0.717) is 50.9 Å². The topological polar surface area (TPSA) is 79.9 Å². The van der Waals surface area contributed by atoms with Crippen LogP contribution in [0, 0.1) is 12.3 Å². The van der Waals surface area contributed by atoms with E-state index in [9.17, 15) is 9.59 Å². The fourth-order valence-electron chi connectivity index (χ4n) is 2.86. The lowest BCUT2D eigenvalue weighted by atomic mass is 10.0. The van der Waals surface area contributed by atoms with E-state index in [1.807, 2.05) is 0 Å². The molecular formula is C16H19N5O2. The average molecular weight is 313 g/mol. The van der Waals surface area contributed by atoms with Gasteiger partial charge in [-0.15, -0.1) is 12.3 Å². The van der Waals surface area contributed by atoms with Crippen molar-refractivity contribution in [3.63, 3.8) is 0 Å². The first-order valence-corrected chi connectivity index (χ1v) is 7.73. The molecule has 0 radical (unpaired) electrons. The second kappa shape index (κ2) is 5.95. The second-order valence-corrected chi connectivity index (χ2v) is 6.04.